The van der Waals surface area contributed by atoms with E-state index in [2.05, 4.69) is 27.5 Å². The SMILES string of the molecule is CCNC(=NCCc1nc(C(F)(F)F)cs1)NC1CCCC(SCC)C1. The van der Waals surface area contributed by atoms with E-state index in [1.165, 1.54) is 12.8 Å². The Morgan fingerprint density at radius 1 is 1.38 bits per heavy atom. The largest absolute Gasteiger partial charge is 0.434 e. The monoisotopic (exact) mass is 408 g/mol. The van der Waals surface area contributed by atoms with Gasteiger partial charge in [0.2, 0.25) is 0 Å². The first-order valence-electron chi connectivity index (χ1n) is 9.10. The van der Waals surface area contributed by atoms with Crippen molar-refractivity contribution in [3.63, 3.8) is 0 Å². The highest BCUT2D eigenvalue weighted by Gasteiger charge is 2.33. The number of rotatable bonds is 7. The van der Waals surface area contributed by atoms with E-state index in [0.29, 0.717) is 29.3 Å². The molecule has 0 spiro atoms. The van der Waals surface area contributed by atoms with Gasteiger partial charge in [0.05, 0.1) is 5.01 Å². The molecule has 2 unspecified atom stereocenters. The van der Waals surface area contributed by atoms with Crippen LogP contribution in [0.25, 0.3) is 0 Å². The van der Waals surface area contributed by atoms with Crippen LogP contribution in [0, 0.1) is 0 Å². The van der Waals surface area contributed by atoms with E-state index in [1.54, 1.807) is 0 Å². The lowest BCUT2D eigenvalue weighted by molar-refractivity contribution is -0.140. The number of guanidine groups is 1. The molecule has 26 heavy (non-hydrogen) atoms. The van der Waals surface area contributed by atoms with Crippen LogP contribution in [0.1, 0.15) is 50.2 Å². The molecule has 1 saturated carbocycles. The Morgan fingerprint density at radius 2 is 2.19 bits per heavy atom. The first kappa shape index (κ1) is 21.3. The van der Waals surface area contributed by atoms with E-state index in [9.17, 15) is 13.2 Å². The van der Waals surface area contributed by atoms with Crippen molar-refractivity contribution in [2.75, 3.05) is 18.8 Å². The second kappa shape index (κ2) is 10.4. The van der Waals surface area contributed by atoms with Gasteiger partial charge in [0.25, 0.3) is 0 Å². The van der Waals surface area contributed by atoms with Crippen molar-refractivity contribution in [1.82, 2.24) is 15.6 Å². The standard InChI is InChI=1S/C17H27F3N4S2/c1-3-21-16(23-12-6-5-7-13(10-12)25-4-2)22-9-8-15-24-14(11-26-15)17(18,19)20/h11-13H,3-10H2,1-2H3,(H2,21,22,23). The van der Waals surface area contributed by atoms with Crippen LogP contribution in [0.4, 0.5) is 13.2 Å². The maximum absolute atomic E-state index is 12.6. The summed E-state index contributed by atoms with van der Waals surface area (Å²) in [5.41, 5.74) is -0.812. The topological polar surface area (TPSA) is 49.3 Å². The second-order valence-corrected chi connectivity index (χ2v) is 8.74. The van der Waals surface area contributed by atoms with Crippen molar-refractivity contribution in [1.29, 1.82) is 0 Å². The summed E-state index contributed by atoms with van der Waals surface area (Å²) in [5.74, 6) is 1.88. The maximum atomic E-state index is 12.6. The highest BCUT2D eigenvalue weighted by Crippen LogP contribution is 2.30. The van der Waals surface area contributed by atoms with Gasteiger partial charge in [-0.15, -0.1) is 11.3 Å². The van der Waals surface area contributed by atoms with Gasteiger partial charge in [-0.2, -0.15) is 24.9 Å². The lowest BCUT2D eigenvalue weighted by atomic mass is 9.95. The summed E-state index contributed by atoms with van der Waals surface area (Å²) in [5, 5.41) is 8.95. The molecule has 1 fully saturated rings. The molecule has 1 heterocycles. The summed E-state index contributed by atoms with van der Waals surface area (Å²) in [7, 11) is 0. The summed E-state index contributed by atoms with van der Waals surface area (Å²) in [6.07, 6.45) is 0.791. The molecule has 0 aromatic carbocycles. The zero-order valence-electron chi connectivity index (χ0n) is 15.2. The van der Waals surface area contributed by atoms with Gasteiger partial charge in [-0.25, -0.2) is 4.98 Å². The number of halogens is 3. The van der Waals surface area contributed by atoms with Gasteiger partial charge in [-0.3, -0.25) is 4.99 Å². The predicted octanol–water partition coefficient (Wildman–Crippen LogP) is 4.32. The Bertz CT molecular complexity index is 573. The number of hydrogen-bond donors (Lipinski definition) is 2. The van der Waals surface area contributed by atoms with Crippen LogP contribution >= 0.6 is 23.1 Å². The third kappa shape index (κ3) is 6.98. The molecule has 1 aromatic rings. The van der Waals surface area contributed by atoms with Crippen LogP contribution < -0.4 is 10.6 Å². The van der Waals surface area contributed by atoms with Crippen LogP contribution in [0.2, 0.25) is 0 Å². The molecule has 1 aromatic heterocycles. The van der Waals surface area contributed by atoms with E-state index in [-0.39, 0.29) is 0 Å². The fourth-order valence-electron chi connectivity index (χ4n) is 3.00. The smallest absolute Gasteiger partial charge is 0.357 e. The molecule has 0 saturated heterocycles. The van der Waals surface area contributed by atoms with Gasteiger partial charge in [-0.05, 0) is 31.9 Å². The minimum atomic E-state index is -4.37. The number of aliphatic imine (C=N–C) groups is 1. The van der Waals surface area contributed by atoms with Crippen LogP contribution in [0.15, 0.2) is 10.4 Å². The van der Waals surface area contributed by atoms with E-state index in [1.807, 2.05) is 18.7 Å². The first-order chi connectivity index (χ1) is 12.4. The molecule has 1 aliphatic rings. The molecule has 1 aliphatic carbocycles. The number of thioether (sulfide) groups is 1. The molecular formula is C17H27F3N4S2. The van der Waals surface area contributed by atoms with Crippen LogP contribution in [0.5, 0.6) is 0 Å². The van der Waals surface area contributed by atoms with Gasteiger partial charge in [0, 0.05) is 36.2 Å². The fourth-order valence-corrected chi connectivity index (χ4v) is 4.96. The second-order valence-electron chi connectivity index (χ2n) is 6.22. The molecule has 9 heteroatoms. The summed E-state index contributed by atoms with van der Waals surface area (Å²) in [6, 6.07) is 0.405. The van der Waals surface area contributed by atoms with E-state index >= 15 is 0 Å². The normalized spacial score (nSPS) is 21.7. The maximum Gasteiger partial charge on any atom is 0.434 e. The zero-order chi connectivity index (χ0) is 19.0. The number of thiazole rings is 1. The molecule has 4 nitrogen and oxygen atoms in total. The van der Waals surface area contributed by atoms with Crippen molar-refractivity contribution in [2.24, 2.45) is 4.99 Å². The summed E-state index contributed by atoms with van der Waals surface area (Å²) < 4.78 is 37.8. The lowest BCUT2D eigenvalue weighted by Gasteiger charge is -2.30. The number of alkyl halides is 3. The van der Waals surface area contributed by atoms with Crippen molar-refractivity contribution >= 4 is 29.1 Å². The van der Waals surface area contributed by atoms with Crippen LogP contribution in [-0.4, -0.2) is 41.1 Å². The van der Waals surface area contributed by atoms with Crippen molar-refractivity contribution in [3.8, 4) is 0 Å². The van der Waals surface area contributed by atoms with E-state index < -0.39 is 11.9 Å². The summed E-state index contributed by atoms with van der Waals surface area (Å²) in [6.45, 7) is 5.36. The molecule has 0 bridgehead atoms. The predicted molar refractivity (Wildman–Crippen MR) is 104 cm³/mol. The Labute approximate surface area is 161 Å². The third-order valence-corrected chi connectivity index (χ3v) is 6.29. The quantitative estimate of drug-likeness (QED) is 0.521. The van der Waals surface area contributed by atoms with Gasteiger partial charge in [-0.1, -0.05) is 13.3 Å². The van der Waals surface area contributed by atoms with E-state index in [0.717, 1.165) is 47.8 Å². The molecular weight excluding hydrogens is 381 g/mol. The molecule has 2 atom stereocenters. The van der Waals surface area contributed by atoms with E-state index in [4.69, 9.17) is 0 Å². The average molecular weight is 409 g/mol. The van der Waals surface area contributed by atoms with Crippen LogP contribution in [0.3, 0.4) is 0 Å². The number of hydrogen-bond acceptors (Lipinski definition) is 4. The molecule has 2 N–H and O–H groups in total. The van der Waals surface area contributed by atoms with Gasteiger partial charge in [0.1, 0.15) is 0 Å². The zero-order valence-corrected chi connectivity index (χ0v) is 16.9. The van der Waals surface area contributed by atoms with Crippen molar-refractivity contribution in [2.45, 2.75) is 63.4 Å². The molecule has 2 rings (SSSR count). The fraction of sp³-hybridized carbons (Fsp3) is 0.765. The molecule has 0 aliphatic heterocycles. The first-order valence-corrected chi connectivity index (χ1v) is 11.0. The van der Waals surface area contributed by atoms with Crippen molar-refractivity contribution < 1.29 is 13.2 Å². The summed E-state index contributed by atoms with van der Waals surface area (Å²) in [4.78, 5) is 8.17. The Hall–Kier alpha value is -0.960. The number of nitrogens with zero attached hydrogens (tertiary/aromatic N) is 2. The Morgan fingerprint density at radius 3 is 2.85 bits per heavy atom. The summed E-state index contributed by atoms with van der Waals surface area (Å²) >= 11 is 3.06. The number of nitrogens with one attached hydrogen (secondary N) is 2. The molecule has 148 valence electrons. The third-order valence-electron chi connectivity index (χ3n) is 4.15. The highest BCUT2D eigenvalue weighted by molar-refractivity contribution is 7.99. The lowest BCUT2D eigenvalue weighted by Crippen LogP contribution is -2.45. The minimum absolute atomic E-state index is 0.405. The Kier molecular flexibility index (Phi) is 8.53. The van der Waals surface area contributed by atoms with Gasteiger partial charge in [0.15, 0.2) is 11.7 Å². The van der Waals surface area contributed by atoms with Gasteiger partial charge < -0.3 is 10.6 Å². The Balaban J connectivity index is 1.87. The van der Waals surface area contributed by atoms with Gasteiger partial charge >= 0.3 is 6.18 Å². The number of aromatic nitrogens is 1. The van der Waals surface area contributed by atoms with Crippen LogP contribution in [-0.2, 0) is 12.6 Å². The van der Waals surface area contributed by atoms with Crippen molar-refractivity contribution in [3.05, 3.63) is 16.1 Å². The molecule has 0 radical (unpaired) electrons. The highest BCUT2D eigenvalue weighted by atomic mass is 32.2. The molecule has 0 amide bonds. The average Bonchev–Trinajstić information content (AvgIpc) is 3.05. The minimum Gasteiger partial charge on any atom is -0.357 e.